The second-order valence-corrected chi connectivity index (χ2v) is 8.13. The molecule has 0 bridgehead atoms. The fourth-order valence-electron chi connectivity index (χ4n) is 4.07. The Morgan fingerprint density at radius 2 is 1.77 bits per heavy atom. The Bertz CT molecular complexity index is 971. The summed E-state index contributed by atoms with van der Waals surface area (Å²) in [6, 6.07) is 7.42. The SMILES string of the molecule is COc1cc(OC)c(C(F)(F)F)cc1C(=O)Nc1ccc2c(c1)CN(C)CC2(C)C. The van der Waals surface area contributed by atoms with Crippen molar-refractivity contribution in [2.24, 2.45) is 0 Å². The van der Waals surface area contributed by atoms with Gasteiger partial charge < -0.3 is 19.7 Å². The molecule has 1 amide bonds. The highest BCUT2D eigenvalue weighted by Crippen LogP contribution is 2.40. The molecule has 30 heavy (non-hydrogen) atoms. The molecule has 162 valence electrons. The van der Waals surface area contributed by atoms with Gasteiger partial charge in [-0.15, -0.1) is 0 Å². The van der Waals surface area contributed by atoms with Crippen molar-refractivity contribution < 1.29 is 27.4 Å². The Labute approximate surface area is 173 Å². The molecule has 0 aliphatic carbocycles. The van der Waals surface area contributed by atoms with Crippen molar-refractivity contribution >= 4 is 11.6 Å². The summed E-state index contributed by atoms with van der Waals surface area (Å²) in [5.74, 6) is -1.10. The molecule has 2 aromatic carbocycles. The number of hydrogen-bond acceptors (Lipinski definition) is 4. The third-order valence-electron chi connectivity index (χ3n) is 5.27. The van der Waals surface area contributed by atoms with Gasteiger partial charge in [-0.05, 0) is 36.4 Å². The first-order valence-electron chi connectivity index (χ1n) is 9.43. The number of nitrogens with zero attached hydrogens (tertiary/aromatic N) is 1. The molecule has 0 aromatic heterocycles. The lowest BCUT2D eigenvalue weighted by Crippen LogP contribution is -2.39. The number of alkyl halides is 3. The largest absolute Gasteiger partial charge is 0.496 e. The first-order valence-corrected chi connectivity index (χ1v) is 9.43. The summed E-state index contributed by atoms with van der Waals surface area (Å²) in [6.45, 7) is 5.95. The van der Waals surface area contributed by atoms with Gasteiger partial charge in [-0.2, -0.15) is 13.2 Å². The van der Waals surface area contributed by atoms with Gasteiger partial charge in [0.25, 0.3) is 5.91 Å². The molecule has 1 aliphatic heterocycles. The number of ether oxygens (including phenoxy) is 2. The van der Waals surface area contributed by atoms with Crippen molar-refractivity contribution in [1.29, 1.82) is 0 Å². The van der Waals surface area contributed by atoms with Gasteiger partial charge in [-0.25, -0.2) is 0 Å². The van der Waals surface area contributed by atoms with Crippen molar-refractivity contribution in [3.05, 3.63) is 52.6 Å². The van der Waals surface area contributed by atoms with Crippen molar-refractivity contribution in [2.75, 3.05) is 33.1 Å². The number of halogens is 3. The van der Waals surface area contributed by atoms with Crippen LogP contribution >= 0.6 is 0 Å². The third-order valence-corrected chi connectivity index (χ3v) is 5.27. The van der Waals surface area contributed by atoms with Gasteiger partial charge in [0.2, 0.25) is 0 Å². The van der Waals surface area contributed by atoms with E-state index < -0.39 is 23.4 Å². The molecule has 0 atom stereocenters. The number of fused-ring (bicyclic) bond motifs is 1. The molecule has 0 unspecified atom stereocenters. The molecule has 0 radical (unpaired) electrons. The summed E-state index contributed by atoms with van der Waals surface area (Å²) in [5, 5.41) is 2.70. The molecule has 1 N–H and O–H groups in total. The Morgan fingerprint density at radius 3 is 2.37 bits per heavy atom. The molecule has 5 nitrogen and oxygen atoms in total. The monoisotopic (exact) mass is 422 g/mol. The molecule has 3 rings (SSSR count). The van der Waals surface area contributed by atoms with Gasteiger partial charge in [0.05, 0.1) is 25.3 Å². The molecule has 1 heterocycles. The summed E-state index contributed by atoms with van der Waals surface area (Å²) < 4.78 is 50.1. The number of hydrogen-bond donors (Lipinski definition) is 1. The van der Waals surface area contributed by atoms with Crippen LogP contribution < -0.4 is 14.8 Å². The van der Waals surface area contributed by atoms with Gasteiger partial charge >= 0.3 is 6.18 Å². The van der Waals surface area contributed by atoms with Gasteiger partial charge in [0.15, 0.2) is 0 Å². The highest BCUT2D eigenvalue weighted by molar-refractivity contribution is 6.06. The van der Waals surface area contributed by atoms with E-state index in [9.17, 15) is 18.0 Å². The lowest BCUT2D eigenvalue weighted by atomic mass is 9.78. The third kappa shape index (κ3) is 4.23. The molecule has 0 spiro atoms. The zero-order valence-corrected chi connectivity index (χ0v) is 17.6. The van der Waals surface area contributed by atoms with Crippen molar-refractivity contribution in [3.63, 3.8) is 0 Å². The fraction of sp³-hybridized carbons (Fsp3) is 0.409. The summed E-state index contributed by atoms with van der Waals surface area (Å²) in [5.41, 5.74) is 1.48. The summed E-state index contributed by atoms with van der Waals surface area (Å²) >= 11 is 0. The Kier molecular flexibility index (Phi) is 5.73. The molecule has 0 saturated heterocycles. The summed E-state index contributed by atoms with van der Waals surface area (Å²) in [7, 11) is 4.45. The van der Waals surface area contributed by atoms with E-state index in [1.54, 1.807) is 6.07 Å². The van der Waals surface area contributed by atoms with Crippen LogP contribution in [0.2, 0.25) is 0 Å². The van der Waals surface area contributed by atoms with Crippen LogP contribution in [0.1, 0.15) is 40.9 Å². The van der Waals surface area contributed by atoms with E-state index in [4.69, 9.17) is 9.47 Å². The summed E-state index contributed by atoms with van der Waals surface area (Å²) in [4.78, 5) is 15.0. The topological polar surface area (TPSA) is 50.8 Å². The fourth-order valence-corrected chi connectivity index (χ4v) is 4.07. The maximum atomic E-state index is 13.4. The standard InChI is InChI=1S/C22H25F3N2O3/c1-21(2)12-27(3)11-13-8-14(6-7-16(13)21)26-20(28)15-9-17(22(23,24)25)19(30-5)10-18(15)29-4/h6-10H,11-12H2,1-5H3,(H,26,28). The highest BCUT2D eigenvalue weighted by Gasteiger charge is 2.36. The number of rotatable bonds is 4. The van der Waals surface area contributed by atoms with E-state index in [1.807, 2.05) is 19.2 Å². The lowest BCUT2D eigenvalue weighted by Gasteiger charge is -2.38. The van der Waals surface area contributed by atoms with Gasteiger partial charge in [-0.3, -0.25) is 4.79 Å². The maximum Gasteiger partial charge on any atom is 0.419 e. The zero-order chi connectivity index (χ0) is 22.3. The number of methoxy groups -OCH3 is 2. The quantitative estimate of drug-likeness (QED) is 0.776. The Morgan fingerprint density at radius 1 is 1.10 bits per heavy atom. The van der Waals surface area contributed by atoms with Crippen LogP contribution in [-0.2, 0) is 18.1 Å². The number of carbonyl (C=O) groups is 1. The Hall–Kier alpha value is -2.74. The number of amides is 1. The molecule has 0 saturated carbocycles. The maximum absolute atomic E-state index is 13.4. The molecule has 8 heteroatoms. The van der Waals surface area contributed by atoms with Crippen molar-refractivity contribution in [2.45, 2.75) is 32.0 Å². The van der Waals surface area contributed by atoms with Gasteiger partial charge in [-0.1, -0.05) is 19.9 Å². The minimum atomic E-state index is -4.67. The molecule has 0 fully saturated rings. The van der Waals surface area contributed by atoms with Crippen LogP contribution in [0.25, 0.3) is 0 Å². The van der Waals surface area contributed by atoms with Gasteiger partial charge in [0, 0.05) is 30.3 Å². The van der Waals surface area contributed by atoms with Crippen LogP contribution in [-0.4, -0.2) is 38.6 Å². The minimum absolute atomic E-state index is 0.00354. The average molecular weight is 422 g/mol. The normalized spacial score (nSPS) is 16.0. The van der Waals surface area contributed by atoms with Gasteiger partial charge in [0.1, 0.15) is 11.5 Å². The predicted octanol–water partition coefficient (Wildman–Crippen LogP) is 4.70. The second kappa shape index (κ2) is 7.83. The predicted molar refractivity (Wildman–Crippen MR) is 108 cm³/mol. The lowest BCUT2D eigenvalue weighted by molar-refractivity contribution is -0.138. The van der Waals surface area contributed by atoms with E-state index in [-0.39, 0.29) is 16.7 Å². The summed E-state index contributed by atoms with van der Waals surface area (Å²) in [6.07, 6.45) is -4.67. The number of nitrogens with one attached hydrogen (secondary N) is 1. The number of anilines is 1. The van der Waals surface area contributed by atoms with E-state index in [0.717, 1.165) is 37.9 Å². The zero-order valence-electron chi connectivity index (χ0n) is 17.6. The average Bonchev–Trinajstić information content (AvgIpc) is 2.64. The highest BCUT2D eigenvalue weighted by atomic mass is 19.4. The smallest absolute Gasteiger partial charge is 0.419 e. The van der Waals surface area contributed by atoms with Crippen LogP contribution in [0.15, 0.2) is 30.3 Å². The first-order chi connectivity index (χ1) is 14.0. The van der Waals surface area contributed by atoms with E-state index in [0.29, 0.717) is 5.69 Å². The number of carbonyl (C=O) groups excluding carboxylic acids is 1. The van der Waals surface area contributed by atoms with Crippen LogP contribution in [0.4, 0.5) is 18.9 Å². The van der Waals surface area contributed by atoms with Crippen molar-refractivity contribution in [3.8, 4) is 11.5 Å². The number of benzene rings is 2. The van der Waals surface area contributed by atoms with E-state index in [1.165, 1.54) is 12.7 Å². The van der Waals surface area contributed by atoms with Crippen LogP contribution in [0.5, 0.6) is 11.5 Å². The van der Waals surface area contributed by atoms with Crippen molar-refractivity contribution in [1.82, 2.24) is 4.90 Å². The first kappa shape index (κ1) is 22.0. The minimum Gasteiger partial charge on any atom is -0.496 e. The second-order valence-electron chi connectivity index (χ2n) is 8.13. The number of likely N-dealkylation sites (N-methyl/N-ethyl adjacent to an activating group) is 1. The molecule has 2 aromatic rings. The van der Waals surface area contributed by atoms with Crippen LogP contribution in [0.3, 0.4) is 0 Å². The van der Waals surface area contributed by atoms with E-state index >= 15 is 0 Å². The molecular formula is C22H25F3N2O3. The van der Waals surface area contributed by atoms with Crippen LogP contribution in [0, 0.1) is 0 Å². The Balaban J connectivity index is 1.96. The molecule has 1 aliphatic rings. The van der Waals surface area contributed by atoms with E-state index in [2.05, 4.69) is 24.1 Å². The molecular weight excluding hydrogens is 397 g/mol.